The molecule has 1 aliphatic rings. The Hall–Kier alpha value is -3.91. The third kappa shape index (κ3) is 4.57. The SMILES string of the molecule is C=CC(=O)N1CCCC(c2cn(-c3ccc(OCc4ccccn4)c(Cl)c3)c3c(N)ncnc23)C1. The number of halogens is 1. The highest BCUT2D eigenvalue weighted by Gasteiger charge is 2.28. The zero-order valence-corrected chi connectivity index (χ0v) is 19.9. The van der Waals surface area contributed by atoms with Crippen LogP contribution in [0, 0.1) is 0 Å². The number of fused-ring (bicyclic) bond motifs is 1. The number of nitrogens with zero attached hydrogens (tertiary/aromatic N) is 5. The molecule has 0 saturated carbocycles. The molecule has 5 rings (SSSR count). The van der Waals surface area contributed by atoms with Crippen molar-refractivity contribution < 1.29 is 9.53 Å². The first kappa shape index (κ1) is 22.9. The zero-order valence-electron chi connectivity index (χ0n) is 19.1. The fourth-order valence-electron chi connectivity index (χ4n) is 4.56. The Morgan fingerprint density at radius 1 is 1.26 bits per heavy atom. The van der Waals surface area contributed by atoms with Gasteiger partial charge in [-0.05, 0) is 49.2 Å². The van der Waals surface area contributed by atoms with Gasteiger partial charge in [-0.3, -0.25) is 9.78 Å². The maximum atomic E-state index is 12.2. The zero-order chi connectivity index (χ0) is 24.4. The number of likely N-dealkylation sites (tertiary alicyclic amines) is 1. The number of ether oxygens (including phenoxy) is 1. The lowest BCUT2D eigenvalue weighted by Crippen LogP contribution is -2.38. The van der Waals surface area contributed by atoms with Crippen molar-refractivity contribution in [2.45, 2.75) is 25.4 Å². The molecule has 0 radical (unpaired) electrons. The van der Waals surface area contributed by atoms with Crippen LogP contribution in [0.1, 0.15) is 30.0 Å². The number of amides is 1. The number of benzene rings is 1. The van der Waals surface area contributed by atoms with Crippen LogP contribution in [0.5, 0.6) is 5.75 Å². The number of hydrogen-bond donors (Lipinski definition) is 1. The summed E-state index contributed by atoms with van der Waals surface area (Å²) in [4.78, 5) is 27.1. The van der Waals surface area contributed by atoms with Gasteiger partial charge in [0.2, 0.25) is 5.91 Å². The van der Waals surface area contributed by atoms with Crippen LogP contribution in [0.4, 0.5) is 5.82 Å². The number of carbonyl (C=O) groups excluding carboxylic acids is 1. The number of nitrogen functional groups attached to an aromatic ring is 1. The van der Waals surface area contributed by atoms with Gasteiger partial charge in [0, 0.05) is 42.7 Å². The van der Waals surface area contributed by atoms with Gasteiger partial charge in [0.25, 0.3) is 0 Å². The van der Waals surface area contributed by atoms with Crippen molar-refractivity contribution in [1.82, 2.24) is 24.4 Å². The van der Waals surface area contributed by atoms with Gasteiger partial charge in [-0.1, -0.05) is 24.2 Å². The Morgan fingerprint density at radius 3 is 2.91 bits per heavy atom. The van der Waals surface area contributed by atoms with Crippen molar-refractivity contribution in [3.8, 4) is 11.4 Å². The molecule has 1 unspecified atom stereocenters. The van der Waals surface area contributed by atoms with Gasteiger partial charge in [0.15, 0.2) is 5.82 Å². The highest BCUT2D eigenvalue weighted by Crippen LogP contribution is 2.37. The quantitative estimate of drug-likeness (QED) is 0.400. The number of rotatable bonds is 6. The van der Waals surface area contributed by atoms with Crippen LogP contribution in [0.25, 0.3) is 16.7 Å². The Morgan fingerprint density at radius 2 is 2.14 bits per heavy atom. The summed E-state index contributed by atoms with van der Waals surface area (Å²) in [5.41, 5.74) is 10.5. The van der Waals surface area contributed by atoms with Gasteiger partial charge in [0.05, 0.1) is 16.2 Å². The Labute approximate surface area is 208 Å². The third-order valence-corrected chi connectivity index (χ3v) is 6.57. The van der Waals surface area contributed by atoms with Gasteiger partial charge < -0.3 is 19.9 Å². The monoisotopic (exact) mass is 488 g/mol. The molecule has 1 saturated heterocycles. The number of nitrogens with two attached hydrogens (primary N) is 1. The van der Waals surface area contributed by atoms with Crippen molar-refractivity contribution in [3.63, 3.8) is 0 Å². The minimum atomic E-state index is -0.0550. The van der Waals surface area contributed by atoms with E-state index in [0.717, 1.165) is 41.8 Å². The van der Waals surface area contributed by atoms with E-state index in [1.165, 1.54) is 12.4 Å². The van der Waals surface area contributed by atoms with Crippen LogP contribution in [0.15, 0.2) is 67.8 Å². The molecule has 3 aromatic heterocycles. The summed E-state index contributed by atoms with van der Waals surface area (Å²) >= 11 is 6.59. The molecule has 4 heterocycles. The van der Waals surface area contributed by atoms with Gasteiger partial charge in [0.1, 0.15) is 24.2 Å². The maximum Gasteiger partial charge on any atom is 0.245 e. The lowest BCUT2D eigenvalue weighted by molar-refractivity contribution is -0.127. The molecule has 1 amide bonds. The van der Waals surface area contributed by atoms with Crippen molar-refractivity contribution in [2.24, 2.45) is 0 Å². The minimum Gasteiger partial charge on any atom is -0.486 e. The molecule has 0 spiro atoms. The summed E-state index contributed by atoms with van der Waals surface area (Å²) in [5, 5.41) is 0.470. The number of pyridine rings is 1. The molecule has 8 nitrogen and oxygen atoms in total. The standard InChI is InChI=1S/C26H25ClN6O2/c1-2-23(34)32-11-5-6-17(13-32)20-14-33(25-24(20)30-16-31-26(25)28)19-8-9-22(21(27)12-19)35-15-18-7-3-4-10-29-18/h2-4,7-10,12,14,16-17H,1,5-6,11,13,15H2,(H2,28,30,31). The lowest BCUT2D eigenvalue weighted by Gasteiger charge is -2.31. The van der Waals surface area contributed by atoms with E-state index in [2.05, 4.69) is 21.5 Å². The second-order valence-corrected chi connectivity index (χ2v) is 8.87. The van der Waals surface area contributed by atoms with Crippen molar-refractivity contribution in [3.05, 3.63) is 84.1 Å². The smallest absolute Gasteiger partial charge is 0.245 e. The molecule has 1 aromatic carbocycles. The van der Waals surface area contributed by atoms with Crippen LogP contribution in [-0.2, 0) is 11.4 Å². The largest absolute Gasteiger partial charge is 0.486 e. The summed E-state index contributed by atoms with van der Waals surface area (Å²) in [5.74, 6) is 1.01. The molecular weight excluding hydrogens is 464 g/mol. The topological polar surface area (TPSA) is 99.2 Å². The molecular formula is C26H25ClN6O2. The van der Waals surface area contributed by atoms with Gasteiger partial charge >= 0.3 is 0 Å². The predicted molar refractivity (Wildman–Crippen MR) is 136 cm³/mol. The van der Waals surface area contributed by atoms with E-state index in [9.17, 15) is 4.79 Å². The molecule has 178 valence electrons. The number of aromatic nitrogens is 4. The first-order chi connectivity index (χ1) is 17.0. The normalized spacial score (nSPS) is 15.8. The molecule has 9 heteroatoms. The third-order valence-electron chi connectivity index (χ3n) is 6.28. The average molecular weight is 489 g/mol. The van der Waals surface area contributed by atoms with Gasteiger partial charge in [-0.15, -0.1) is 0 Å². The van der Waals surface area contributed by atoms with Crippen LogP contribution in [0.3, 0.4) is 0 Å². The Bertz CT molecular complexity index is 1390. The molecule has 4 aromatic rings. The average Bonchev–Trinajstić information content (AvgIpc) is 3.29. The molecule has 0 aliphatic carbocycles. The fourth-order valence-corrected chi connectivity index (χ4v) is 4.79. The van der Waals surface area contributed by atoms with Crippen LogP contribution in [-0.4, -0.2) is 43.4 Å². The van der Waals surface area contributed by atoms with Crippen molar-refractivity contribution in [1.29, 1.82) is 0 Å². The second-order valence-electron chi connectivity index (χ2n) is 8.46. The van der Waals surface area contributed by atoms with Crippen LogP contribution < -0.4 is 10.5 Å². The van der Waals surface area contributed by atoms with Gasteiger partial charge in [-0.2, -0.15) is 0 Å². The number of piperidine rings is 1. The summed E-state index contributed by atoms with van der Waals surface area (Å²) in [6.45, 7) is 5.28. The molecule has 2 N–H and O–H groups in total. The highest BCUT2D eigenvalue weighted by molar-refractivity contribution is 6.32. The second kappa shape index (κ2) is 9.76. The lowest BCUT2D eigenvalue weighted by atomic mass is 9.91. The van der Waals surface area contributed by atoms with E-state index < -0.39 is 0 Å². The summed E-state index contributed by atoms with van der Waals surface area (Å²) in [6, 6.07) is 11.3. The Balaban J connectivity index is 1.48. The van der Waals surface area contributed by atoms with E-state index in [0.29, 0.717) is 35.3 Å². The molecule has 35 heavy (non-hydrogen) atoms. The predicted octanol–water partition coefficient (Wildman–Crippen LogP) is 4.52. The van der Waals surface area contributed by atoms with Gasteiger partial charge in [-0.25, -0.2) is 9.97 Å². The first-order valence-electron chi connectivity index (χ1n) is 11.4. The summed E-state index contributed by atoms with van der Waals surface area (Å²) in [7, 11) is 0. The van der Waals surface area contributed by atoms with Crippen LogP contribution in [0.2, 0.25) is 5.02 Å². The maximum absolute atomic E-state index is 12.2. The number of carbonyl (C=O) groups is 1. The van der Waals surface area contributed by atoms with Crippen molar-refractivity contribution in [2.75, 3.05) is 18.8 Å². The van der Waals surface area contributed by atoms with E-state index in [1.807, 2.05) is 52.1 Å². The molecule has 0 bridgehead atoms. The molecule has 1 aliphatic heterocycles. The minimum absolute atomic E-state index is 0.0550. The van der Waals surface area contributed by atoms with E-state index >= 15 is 0 Å². The summed E-state index contributed by atoms with van der Waals surface area (Å²) < 4.78 is 7.83. The van der Waals surface area contributed by atoms with Crippen molar-refractivity contribution >= 4 is 34.4 Å². The molecule has 1 atom stereocenters. The van der Waals surface area contributed by atoms with E-state index in [1.54, 1.807) is 6.20 Å². The number of anilines is 1. The first-order valence-corrected chi connectivity index (χ1v) is 11.8. The molecule has 1 fully saturated rings. The Kier molecular flexibility index (Phi) is 6.37. The summed E-state index contributed by atoms with van der Waals surface area (Å²) in [6.07, 6.45) is 8.45. The van der Waals surface area contributed by atoms with E-state index in [4.69, 9.17) is 22.1 Å². The van der Waals surface area contributed by atoms with Crippen LogP contribution >= 0.6 is 11.6 Å². The fraction of sp³-hybridized carbons (Fsp3) is 0.231. The van der Waals surface area contributed by atoms with E-state index in [-0.39, 0.29) is 11.8 Å². The highest BCUT2D eigenvalue weighted by atomic mass is 35.5. The number of hydrogen-bond acceptors (Lipinski definition) is 6.